The van der Waals surface area contributed by atoms with Gasteiger partial charge in [-0.2, -0.15) is 0 Å². The van der Waals surface area contributed by atoms with Crippen LogP contribution in [-0.4, -0.2) is 23.4 Å². The fourth-order valence-electron chi connectivity index (χ4n) is 3.58. The van der Waals surface area contributed by atoms with E-state index in [0.717, 1.165) is 43.4 Å². The van der Waals surface area contributed by atoms with Gasteiger partial charge in [-0.1, -0.05) is 43.3 Å². The van der Waals surface area contributed by atoms with E-state index in [-0.39, 0.29) is 5.91 Å². The van der Waals surface area contributed by atoms with Crippen LogP contribution in [0, 0.1) is 0 Å². The van der Waals surface area contributed by atoms with Crippen LogP contribution in [0.5, 0.6) is 0 Å². The normalized spacial score (nSPS) is 16.5. The molecule has 0 radical (unpaired) electrons. The van der Waals surface area contributed by atoms with Gasteiger partial charge >= 0.3 is 0 Å². The van der Waals surface area contributed by atoms with Gasteiger partial charge in [0.2, 0.25) is 0 Å². The molecule has 1 aliphatic carbocycles. The van der Waals surface area contributed by atoms with E-state index in [2.05, 4.69) is 36.1 Å². The van der Waals surface area contributed by atoms with Gasteiger partial charge in [-0.25, -0.2) is 0 Å². The minimum Gasteiger partial charge on any atom is -0.335 e. The van der Waals surface area contributed by atoms with Crippen molar-refractivity contribution in [2.45, 2.75) is 45.2 Å². The highest BCUT2D eigenvalue weighted by molar-refractivity contribution is 5.94. The molecule has 0 heterocycles. The largest absolute Gasteiger partial charge is 0.335 e. The van der Waals surface area contributed by atoms with Crippen molar-refractivity contribution in [2.24, 2.45) is 5.73 Å². The van der Waals surface area contributed by atoms with Gasteiger partial charge in [0, 0.05) is 24.7 Å². The van der Waals surface area contributed by atoms with E-state index in [0.29, 0.717) is 12.6 Å². The standard InChI is InChI=1S/C21H26N2O/c1-2-13-23(21(24)18-9-7-16(15-22)8-10-18)20-12-11-17-5-3-4-6-19(17)14-20/h3-10,20H,2,11-15,22H2,1H3. The van der Waals surface area contributed by atoms with E-state index in [9.17, 15) is 4.79 Å². The first kappa shape index (κ1) is 16.7. The highest BCUT2D eigenvalue weighted by Crippen LogP contribution is 2.25. The molecule has 1 aliphatic rings. The minimum absolute atomic E-state index is 0.143. The van der Waals surface area contributed by atoms with Crippen molar-refractivity contribution < 1.29 is 4.79 Å². The van der Waals surface area contributed by atoms with Crippen molar-refractivity contribution in [3.8, 4) is 0 Å². The van der Waals surface area contributed by atoms with Crippen LogP contribution < -0.4 is 5.73 Å². The maximum Gasteiger partial charge on any atom is 0.254 e. The van der Waals surface area contributed by atoms with Gasteiger partial charge in [0.05, 0.1) is 0 Å². The highest BCUT2D eigenvalue weighted by atomic mass is 16.2. The lowest BCUT2D eigenvalue weighted by molar-refractivity contribution is 0.0661. The fourth-order valence-corrected chi connectivity index (χ4v) is 3.58. The Hall–Kier alpha value is -2.13. The van der Waals surface area contributed by atoms with Crippen LogP contribution in [0.25, 0.3) is 0 Å². The summed E-state index contributed by atoms with van der Waals surface area (Å²) in [7, 11) is 0. The van der Waals surface area contributed by atoms with E-state index in [4.69, 9.17) is 5.73 Å². The third kappa shape index (κ3) is 3.51. The molecule has 24 heavy (non-hydrogen) atoms. The molecule has 3 nitrogen and oxygen atoms in total. The van der Waals surface area contributed by atoms with Crippen LogP contribution >= 0.6 is 0 Å². The molecule has 0 aromatic heterocycles. The number of rotatable bonds is 5. The van der Waals surface area contributed by atoms with Crippen molar-refractivity contribution in [1.29, 1.82) is 0 Å². The predicted molar refractivity (Wildman–Crippen MR) is 97.9 cm³/mol. The minimum atomic E-state index is 0.143. The highest BCUT2D eigenvalue weighted by Gasteiger charge is 2.27. The van der Waals surface area contributed by atoms with Crippen molar-refractivity contribution in [3.05, 3.63) is 70.8 Å². The lowest BCUT2D eigenvalue weighted by Gasteiger charge is -2.35. The average molecular weight is 322 g/mol. The zero-order valence-electron chi connectivity index (χ0n) is 14.4. The second-order valence-corrected chi connectivity index (χ2v) is 6.56. The molecule has 0 fully saturated rings. The third-order valence-electron chi connectivity index (χ3n) is 4.92. The summed E-state index contributed by atoms with van der Waals surface area (Å²) < 4.78 is 0. The Morgan fingerprint density at radius 2 is 1.83 bits per heavy atom. The van der Waals surface area contributed by atoms with E-state index in [1.54, 1.807) is 0 Å². The fraction of sp³-hybridized carbons (Fsp3) is 0.381. The van der Waals surface area contributed by atoms with Gasteiger partial charge in [-0.05, 0) is 54.5 Å². The number of nitrogens with two attached hydrogens (primary N) is 1. The van der Waals surface area contributed by atoms with Crippen molar-refractivity contribution in [2.75, 3.05) is 6.54 Å². The summed E-state index contributed by atoms with van der Waals surface area (Å²) in [5, 5.41) is 0. The molecule has 3 rings (SSSR count). The summed E-state index contributed by atoms with van der Waals surface area (Å²) in [6, 6.07) is 16.6. The predicted octanol–water partition coefficient (Wildman–Crippen LogP) is 3.56. The Kier molecular flexibility index (Phi) is 5.31. The van der Waals surface area contributed by atoms with Crippen LogP contribution in [0.15, 0.2) is 48.5 Å². The van der Waals surface area contributed by atoms with E-state index < -0.39 is 0 Å². The number of benzene rings is 2. The molecule has 0 saturated carbocycles. The number of carbonyl (C=O) groups is 1. The second-order valence-electron chi connectivity index (χ2n) is 6.56. The van der Waals surface area contributed by atoms with Crippen LogP contribution in [0.1, 0.15) is 46.8 Å². The van der Waals surface area contributed by atoms with Crippen molar-refractivity contribution in [3.63, 3.8) is 0 Å². The van der Waals surface area contributed by atoms with E-state index >= 15 is 0 Å². The van der Waals surface area contributed by atoms with Crippen molar-refractivity contribution >= 4 is 5.91 Å². The molecule has 0 spiro atoms. The topological polar surface area (TPSA) is 46.3 Å². The monoisotopic (exact) mass is 322 g/mol. The number of carbonyl (C=O) groups excluding carboxylic acids is 1. The molecule has 126 valence electrons. The molecule has 2 N–H and O–H groups in total. The molecule has 1 unspecified atom stereocenters. The number of aryl methyl sites for hydroxylation is 1. The molecule has 2 aromatic rings. The van der Waals surface area contributed by atoms with Gasteiger partial charge in [0.1, 0.15) is 0 Å². The maximum absolute atomic E-state index is 13.0. The van der Waals surface area contributed by atoms with Crippen LogP contribution in [-0.2, 0) is 19.4 Å². The van der Waals surface area contributed by atoms with E-state index in [1.165, 1.54) is 11.1 Å². The Balaban J connectivity index is 1.80. The van der Waals surface area contributed by atoms with Gasteiger partial charge < -0.3 is 10.6 Å². The zero-order chi connectivity index (χ0) is 16.9. The number of hydrogen-bond acceptors (Lipinski definition) is 2. The van der Waals surface area contributed by atoms with Crippen LogP contribution in [0.4, 0.5) is 0 Å². The number of fused-ring (bicyclic) bond motifs is 1. The lowest BCUT2D eigenvalue weighted by Crippen LogP contribution is -2.43. The Bertz CT molecular complexity index is 693. The van der Waals surface area contributed by atoms with Gasteiger partial charge in [0.15, 0.2) is 0 Å². The molecule has 2 aromatic carbocycles. The molecule has 0 saturated heterocycles. The summed E-state index contributed by atoms with van der Waals surface area (Å²) in [5.74, 6) is 0.143. The van der Waals surface area contributed by atoms with Gasteiger partial charge in [-0.3, -0.25) is 4.79 Å². The second kappa shape index (κ2) is 7.63. The van der Waals surface area contributed by atoms with Crippen molar-refractivity contribution in [1.82, 2.24) is 4.90 Å². The Labute approximate surface area is 144 Å². The summed E-state index contributed by atoms with van der Waals surface area (Å²) in [6.07, 6.45) is 4.04. The van der Waals surface area contributed by atoms with Gasteiger partial charge in [-0.15, -0.1) is 0 Å². The Morgan fingerprint density at radius 3 is 2.50 bits per heavy atom. The summed E-state index contributed by atoms with van der Waals surface area (Å²) in [4.78, 5) is 15.1. The zero-order valence-corrected chi connectivity index (χ0v) is 14.4. The molecular formula is C21H26N2O. The number of nitrogens with zero attached hydrogens (tertiary/aromatic N) is 1. The molecule has 0 aliphatic heterocycles. The van der Waals surface area contributed by atoms with Gasteiger partial charge in [0.25, 0.3) is 5.91 Å². The average Bonchev–Trinajstić information content (AvgIpc) is 2.65. The quantitative estimate of drug-likeness (QED) is 0.915. The third-order valence-corrected chi connectivity index (χ3v) is 4.92. The maximum atomic E-state index is 13.0. The SMILES string of the molecule is CCCN(C(=O)c1ccc(CN)cc1)C1CCc2ccccc2C1. The summed E-state index contributed by atoms with van der Waals surface area (Å²) in [6.45, 7) is 3.45. The number of amides is 1. The number of hydrogen-bond donors (Lipinski definition) is 1. The molecular weight excluding hydrogens is 296 g/mol. The molecule has 1 atom stereocenters. The van der Waals surface area contributed by atoms with Crippen LogP contribution in [0.2, 0.25) is 0 Å². The molecule has 3 heteroatoms. The first-order chi connectivity index (χ1) is 11.7. The molecule has 0 bridgehead atoms. The first-order valence-corrected chi connectivity index (χ1v) is 8.89. The lowest BCUT2D eigenvalue weighted by atomic mass is 9.87. The first-order valence-electron chi connectivity index (χ1n) is 8.89. The molecule has 1 amide bonds. The van der Waals surface area contributed by atoms with Crippen LogP contribution in [0.3, 0.4) is 0 Å². The smallest absolute Gasteiger partial charge is 0.254 e. The summed E-state index contributed by atoms with van der Waals surface area (Å²) in [5.41, 5.74) is 10.3. The Morgan fingerprint density at radius 1 is 1.12 bits per heavy atom. The van der Waals surface area contributed by atoms with E-state index in [1.807, 2.05) is 24.3 Å². The summed E-state index contributed by atoms with van der Waals surface area (Å²) >= 11 is 0.